The van der Waals surface area contributed by atoms with Gasteiger partial charge in [-0.25, -0.2) is 0 Å². The molecule has 0 amide bonds. The van der Waals surface area contributed by atoms with Crippen LogP contribution in [0.5, 0.6) is 5.75 Å². The van der Waals surface area contributed by atoms with Crippen molar-refractivity contribution in [2.45, 2.75) is 25.6 Å². The molecule has 0 spiro atoms. The Labute approximate surface area is 122 Å². The van der Waals surface area contributed by atoms with Gasteiger partial charge in [-0.3, -0.25) is 4.79 Å². The fourth-order valence-corrected chi connectivity index (χ4v) is 1.98. The highest BCUT2D eigenvalue weighted by molar-refractivity contribution is 6.31. The number of esters is 1. The third-order valence-corrected chi connectivity index (χ3v) is 3.04. The number of aliphatic hydroxyl groups is 2. The van der Waals surface area contributed by atoms with Gasteiger partial charge in [0.1, 0.15) is 11.9 Å². The smallest absolute Gasteiger partial charge is 0.308 e. The van der Waals surface area contributed by atoms with Crippen molar-refractivity contribution in [2.24, 2.45) is 0 Å². The molecule has 1 aromatic rings. The first-order valence-corrected chi connectivity index (χ1v) is 6.43. The Morgan fingerprint density at radius 2 is 2.10 bits per heavy atom. The van der Waals surface area contributed by atoms with Crippen molar-refractivity contribution in [1.29, 1.82) is 0 Å². The average Bonchev–Trinajstić information content (AvgIpc) is 2.38. The van der Waals surface area contributed by atoms with Crippen molar-refractivity contribution in [2.75, 3.05) is 19.5 Å². The second-order valence-electron chi connectivity index (χ2n) is 4.14. The molecule has 2 unspecified atom stereocenters. The SMILES string of the molecule is CCOC(=O)CC(O)C(O)c1cc(OC)c(N)cc1Cl. The Balaban J connectivity index is 2.90. The summed E-state index contributed by atoms with van der Waals surface area (Å²) >= 11 is 5.97. The van der Waals surface area contributed by atoms with Crippen LogP contribution < -0.4 is 10.5 Å². The molecule has 0 saturated carbocycles. The Hall–Kier alpha value is -1.50. The highest BCUT2D eigenvalue weighted by Gasteiger charge is 2.25. The summed E-state index contributed by atoms with van der Waals surface area (Å²) in [5.74, 6) is -0.274. The summed E-state index contributed by atoms with van der Waals surface area (Å²) in [6.45, 7) is 1.86. The van der Waals surface area contributed by atoms with E-state index < -0.39 is 18.2 Å². The van der Waals surface area contributed by atoms with Crippen LogP contribution in [0.2, 0.25) is 5.02 Å². The molecule has 1 aromatic carbocycles. The van der Waals surface area contributed by atoms with Crippen molar-refractivity contribution in [3.63, 3.8) is 0 Å². The van der Waals surface area contributed by atoms with Gasteiger partial charge in [-0.05, 0) is 19.1 Å². The molecule has 0 fully saturated rings. The predicted molar refractivity (Wildman–Crippen MR) is 74.6 cm³/mol. The summed E-state index contributed by atoms with van der Waals surface area (Å²) in [5, 5.41) is 20.1. The number of hydrogen-bond donors (Lipinski definition) is 3. The van der Waals surface area contributed by atoms with Gasteiger partial charge in [-0.2, -0.15) is 0 Å². The lowest BCUT2D eigenvalue weighted by Crippen LogP contribution is -2.23. The Bertz CT molecular complexity index is 480. The molecule has 2 atom stereocenters. The van der Waals surface area contributed by atoms with Crippen LogP contribution in [0.4, 0.5) is 5.69 Å². The molecule has 6 nitrogen and oxygen atoms in total. The lowest BCUT2D eigenvalue weighted by molar-refractivity contribution is -0.147. The monoisotopic (exact) mass is 303 g/mol. The standard InChI is InChI=1S/C13H18ClNO5/c1-3-20-12(17)6-10(16)13(18)7-4-11(19-2)9(15)5-8(7)14/h4-5,10,13,16,18H,3,6,15H2,1-2H3. The van der Waals surface area contributed by atoms with Crippen LogP contribution in [0.3, 0.4) is 0 Å². The summed E-state index contributed by atoms with van der Waals surface area (Å²) < 4.78 is 9.73. The number of rotatable bonds is 6. The largest absolute Gasteiger partial charge is 0.495 e. The van der Waals surface area contributed by atoms with Gasteiger partial charge < -0.3 is 25.4 Å². The highest BCUT2D eigenvalue weighted by Crippen LogP contribution is 2.34. The van der Waals surface area contributed by atoms with E-state index in [0.717, 1.165) is 0 Å². The molecule has 4 N–H and O–H groups in total. The van der Waals surface area contributed by atoms with Crippen LogP contribution in [-0.2, 0) is 9.53 Å². The number of carbonyl (C=O) groups excluding carboxylic acids is 1. The summed E-state index contributed by atoms with van der Waals surface area (Å²) in [6.07, 6.45) is -3.01. The minimum Gasteiger partial charge on any atom is -0.495 e. The molecule has 112 valence electrons. The fourth-order valence-electron chi connectivity index (χ4n) is 1.70. The molecule has 20 heavy (non-hydrogen) atoms. The maximum atomic E-state index is 11.3. The lowest BCUT2D eigenvalue weighted by atomic mass is 10.0. The molecule has 0 aromatic heterocycles. The van der Waals surface area contributed by atoms with E-state index in [-0.39, 0.29) is 23.6 Å². The summed E-state index contributed by atoms with van der Waals surface area (Å²) in [6, 6.07) is 2.84. The third-order valence-electron chi connectivity index (χ3n) is 2.71. The van der Waals surface area contributed by atoms with Crippen LogP contribution in [-0.4, -0.2) is 36.0 Å². The van der Waals surface area contributed by atoms with Gasteiger partial charge in [-0.15, -0.1) is 0 Å². The van der Waals surface area contributed by atoms with E-state index in [1.165, 1.54) is 19.2 Å². The van der Waals surface area contributed by atoms with Crippen LogP contribution in [0.1, 0.15) is 25.0 Å². The van der Waals surface area contributed by atoms with Crippen LogP contribution >= 0.6 is 11.6 Å². The normalized spacial score (nSPS) is 13.7. The summed E-state index contributed by atoms with van der Waals surface area (Å²) in [4.78, 5) is 11.3. The lowest BCUT2D eigenvalue weighted by Gasteiger charge is -2.19. The molecule has 0 aliphatic carbocycles. The zero-order valence-corrected chi connectivity index (χ0v) is 12.1. The van der Waals surface area contributed by atoms with E-state index in [0.29, 0.717) is 11.4 Å². The third kappa shape index (κ3) is 4.00. The predicted octanol–water partition coefficient (Wildman–Crippen LogP) is 1.28. The average molecular weight is 304 g/mol. The zero-order chi connectivity index (χ0) is 15.3. The number of benzene rings is 1. The number of hydrogen-bond acceptors (Lipinski definition) is 6. The number of nitrogen functional groups attached to an aromatic ring is 1. The quantitative estimate of drug-likeness (QED) is 0.540. The molecular weight excluding hydrogens is 286 g/mol. The van der Waals surface area contributed by atoms with Gasteiger partial charge in [0, 0.05) is 10.6 Å². The minimum absolute atomic E-state index is 0.179. The molecule has 0 heterocycles. The van der Waals surface area contributed by atoms with Crippen molar-refractivity contribution in [3.05, 3.63) is 22.7 Å². The first-order chi connectivity index (χ1) is 9.40. The molecule has 7 heteroatoms. The number of carbonyl (C=O) groups is 1. The van der Waals surface area contributed by atoms with Gasteiger partial charge in [-0.1, -0.05) is 11.6 Å². The second-order valence-corrected chi connectivity index (χ2v) is 4.54. The van der Waals surface area contributed by atoms with Gasteiger partial charge >= 0.3 is 5.97 Å². The van der Waals surface area contributed by atoms with Crippen molar-refractivity contribution >= 4 is 23.3 Å². The molecular formula is C13H18ClNO5. The Kier molecular flexibility index (Phi) is 6.06. The zero-order valence-electron chi connectivity index (χ0n) is 11.3. The number of methoxy groups -OCH3 is 1. The molecule has 0 bridgehead atoms. The fraction of sp³-hybridized carbons (Fsp3) is 0.462. The number of anilines is 1. The van der Waals surface area contributed by atoms with E-state index in [4.69, 9.17) is 26.8 Å². The van der Waals surface area contributed by atoms with Gasteiger partial charge in [0.05, 0.1) is 31.9 Å². The molecule has 0 radical (unpaired) electrons. The van der Waals surface area contributed by atoms with E-state index in [1.807, 2.05) is 0 Å². The van der Waals surface area contributed by atoms with Gasteiger partial charge in [0.15, 0.2) is 0 Å². The maximum absolute atomic E-state index is 11.3. The first kappa shape index (κ1) is 16.6. The highest BCUT2D eigenvalue weighted by atomic mass is 35.5. The van der Waals surface area contributed by atoms with Gasteiger partial charge in [0.25, 0.3) is 0 Å². The van der Waals surface area contributed by atoms with Crippen LogP contribution in [0, 0.1) is 0 Å². The molecule has 0 aliphatic heterocycles. The Morgan fingerprint density at radius 1 is 1.45 bits per heavy atom. The van der Waals surface area contributed by atoms with Crippen molar-refractivity contribution in [3.8, 4) is 5.75 Å². The number of halogens is 1. The molecule has 0 aliphatic rings. The molecule has 0 saturated heterocycles. The number of nitrogens with two attached hydrogens (primary N) is 1. The minimum atomic E-state index is -1.35. The Morgan fingerprint density at radius 3 is 2.65 bits per heavy atom. The van der Waals surface area contributed by atoms with E-state index >= 15 is 0 Å². The topological polar surface area (TPSA) is 102 Å². The second kappa shape index (κ2) is 7.33. The van der Waals surface area contributed by atoms with E-state index in [1.54, 1.807) is 6.92 Å². The number of ether oxygens (including phenoxy) is 2. The first-order valence-electron chi connectivity index (χ1n) is 6.05. The number of aliphatic hydroxyl groups excluding tert-OH is 2. The maximum Gasteiger partial charge on any atom is 0.308 e. The van der Waals surface area contributed by atoms with Crippen LogP contribution in [0.15, 0.2) is 12.1 Å². The summed E-state index contributed by atoms with van der Waals surface area (Å²) in [7, 11) is 1.42. The van der Waals surface area contributed by atoms with Crippen molar-refractivity contribution < 1.29 is 24.5 Å². The van der Waals surface area contributed by atoms with Crippen LogP contribution in [0.25, 0.3) is 0 Å². The van der Waals surface area contributed by atoms with E-state index in [9.17, 15) is 15.0 Å². The molecule has 1 rings (SSSR count). The van der Waals surface area contributed by atoms with Crippen molar-refractivity contribution in [1.82, 2.24) is 0 Å². The van der Waals surface area contributed by atoms with E-state index in [2.05, 4.69) is 0 Å². The van der Waals surface area contributed by atoms with Gasteiger partial charge in [0.2, 0.25) is 0 Å². The summed E-state index contributed by atoms with van der Waals surface area (Å²) in [5.41, 5.74) is 6.21.